The second-order valence-corrected chi connectivity index (χ2v) is 8.85. The van der Waals surface area contributed by atoms with E-state index in [2.05, 4.69) is 4.90 Å². The van der Waals surface area contributed by atoms with Gasteiger partial charge >= 0.3 is 10.1 Å². The Morgan fingerprint density at radius 2 is 1.79 bits per heavy atom. The number of rotatable bonds is 12. The maximum absolute atomic E-state index is 12.4. The summed E-state index contributed by atoms with van der Waals surface area (Å²) in [6.07, 6.45) is 0. The Bertz CT molecular complexity index is 730. The Kier molecular flexibility index (Phi) is 9.75. The number of hydrogen-bond donors (Lipinski definition) is 0. The lowest BCUT2D eigenvalue weighted by Crippen LogP contribution is -2.36. The van der Waals surface area contributed by atoms with Gasteiger partial charge in [0.05, 0.1) is 5.75 Å². The molecule has 0 spiro atoms. The molecular formula is C20H34N2O5S. The van der Waals surface area contributed by atoms with Gasteiger partial charge in [-0.1, -0.05) is 19.9 Å². The third-order valence-electron chi connectivity index (χ3n) is 4.32. The molecule has 0 aliphatic rings. The van der Waals surface area contributed by atoms with E-state index in [1.165, 1.54) is 14.0 Å². The predicted molar refractivity (Wildman–Crippen MR) is 112 cm³/mol. The maximum atomic E-state index is 12.4. The van der Waals surface area contributed by atoms with Crippen molar-refractivity contribution in [3.63, 3.8) is 0 Å². The van der Waals surface area contributed by atoms with Crippen LogP contribution in [-0.4, -0.2) is 58.3 Å². The van der Waals surface area contributed by atoms with Gasteiger partial charge in [-0.05, 0) is 32.8 Å². The molecule has 0 saturated heterocycles. The van der Waals surface area contributed by atoms with Crippen LogP contribution in [0.5, 0.6) is 5.75 Å². The highest BCUT2D eigenvalue weighted by Crippen LogP contribution is 2.28. The van der Waals surface area contributed by atoms with Gasteiger partial charge in [0, 0.05) is 50.6 Å². The summed E-state index contributed by atoms with van der Waals surface area (Å²) in [4.78, 5) is 16.2. The van der Waals surface area contributed by atoms with Gasteiger partial charge in [-0.25, -0.2) is 0 Å². The predicted octanol–water partition coefficient (Wildman–Crippen LogP) is 2.89. The molecule has 0 bridgehead atoms. The van der Waals surface area contributed by atoms with Crippen LogP contribution < -0.4 is 9.08 Å². The summed E-state index contributed by atoms with van der Waals surface area (Å²) >= 11 is 0. The Hall–Kier alpha value is -1.80. The van der Waals surface area contributed by atoms with Gasteiger partial charge in [0.1, 0.15) is 12.4 Å². The summed E-state index contributed by atoms with van der Waals surface area (Å²) in [6, 6.07) is 5.51. The maximum Gasteiger partial charge on any atom is 0.308 e. The quantitative estimate of drug-likeness (QED) is 0.490. The molecule has 28 heavy (non-hydrogen) atoms. The molecule has 1 aromatic carbocycles. The number of carbonyl (C=O) groups is 1. The van der Waals surface area contributed by atoms with E-state index in [1.54, 1.807) is 11.0 Å². The van der Waals surface area contributed by atoms with E-state index in [1.807, 2.05) is 39.8 Å². The minimum Gasteiger partial charge on any atom is -0.382 e. The number of amides is 1. The third kappa shape index (κ3) is 7.31. The first-order valence-electron chi connectivity index (χ1n) is 9.74. The zero-order chi connectivity index (χ0) is 21.3. The largest absolute Gasteiger partial charge is 0.382 e. The first-order valence-corrected chi connectivity index (χ1v) is 11.3. The number of anilines is 1. The van der Waals surface area contributed by atoms with Crippen LogP contribution in [0.2, 0.25) is 0 Å². The number of hydrogen-bond acceptors (Lipinski definition) is 6. The molecule has 0 radical (unpaired) electrons. The van der Waals surface area contributed by atoms with Crippen molar-refractivity contribution in [3.8, 4) is 5.75 Å². The lowest BCUT2D eigenvalue weighted by molar-refractivity contribution is -0.136. The second kappa shape index (κ2) is 11.3. The van der Waals surface area contributed by atoms with Crippen LogP contribution in [0.3, 0.4) is 0 Å². The molecule has 8 heteroatoms. The van der Waals surface area contributed by atoms with Crippen LogP contribution in [0.1, 0.15) is 40.2 Å². The SMILES string of the molecule is CCN(CC)c1ccc(CN(CC(C)C)C(=O)COC)c(OS(=O)(=O)CC)c1. The molecule has 1 rings (SSSR count). The average molecular weight is 415 g/mol. The van der Waals surface area contributed by atoms with Crippen LogP contribution in [0.4, 0.5) is 5.69 Å². The topological polar surface area (TPSA) is 76.2 Å². The molecule has 0 heterocycles. The van der Waals surface area contributed by atoms with Gasteiger partial charge < -0.3 is 18.7 Å². The number of ether oxygens (including phenoxy) is 1. The van der Waals surface area contributed by atoms with Crippen molar-refractivity contribution < 1.29 is 22.1 Å². The first kappa shape index (κ1) is 24.2. The van der Waals surface area contributed by atoms with E-state index < -0.39 is 10.1 Å². The van der Waals surface area contributed by atoms with Crippen molar-refractivity contribution in [2.24, 2.45) is 5.92 Å². The number of nitrogens with zero attached hydrogens (tertiary/aromatic N) is 2. The molecular weight excluding hydrogens is 380 g/mol. The highest BCUT2D eigenvalue weighted by Gasteiger charge is 2.20. The van der Waals surface area contributed by atoms with Gasteiger partial charge in [0.25, 0.3) is 0 Å². The van der Waals surface area contributed by atoms with Gasteiger partial charge in [-0.15, -0.1) is 0 Å². The standard InChI is InChI=1S/C20H34N2O5S/c1-7-21(8-2)18-11-10-17(19(12-18)27-28(24,25)9-3)14-22(13-16(4)5)20(23)15-26-6/h10-12,16H,7-9,13-15H2,1-6H3. The molecule has 0 fully saturated rings. The summed E-state index contributed by atoms with van der Waals surface area (Å²) in [5.74, 6) is 0.262. The molecule has 0 aliphatic heterocycles. The van der Waals surface area contributed by atoms with E-state index in [0.29, 0.717) is 12.1 Å². The van der Waals surface area contributed by atoms with Crippen LogP contribution in [0.15, 0.2) is 18.2 Å². The molecule has 7 nitrogen and oxygen atoms in total. The Balaban J connectivity index is 3.31. The molecule has 1 aromatic rings. The fraction of sp³-hybridized carbons (Fsp3) is 0.650. The molecule has 0 atom stereocenters. The van der Waals surface area contributed by atoms with Crippen LogP contribution in [0, 0.1) is 5.92 Å². The molecule has 160 valence electrons. The van der Waals surface area contributed by atoms with Crippen molar-refractivity contribution in [1.29, 1.82) is 0 Å². The lowest BCUT2D eigenvalue weighted by atomic mass is 10.1. The van der Waals surface area contributed by atoms with Crippen LogP contribution in [-0.2, 0) is 26.2 Å². The first-order chi connectivity index (χ1) is 13.2. The summed E-state index contributed by atoms with van der Waals surface area (Å²) < 4.78 is 34.6. The second-order valence-electron chi connectivity index (χ2n) is 7.00. The Morgan fingerprint density at radius 1 is 1.14 bits per heavy atom. The van der Waals surface area contributed by atoms with Gasteiger partial charge in [0.2, 0.25) is 5.91 Å². The van der Waals surface area contributed by atoms with Crippen molar-refractivity contribution in [2.75, 3.05) is 44.0 Å². The zero-order valence-corrected chi connectivity index (χ0v) is 18.7. The number of methoxy groups -OCH3 is 1. The lowest BCUT2D eigenvalue weighted by Gasteiger charge is -2.27. The molecule has 0 N–H and O–H groups in total. The zero-order valence-electron chi connectivity index (χ0n) is 17.9. The minimum atomic E-state index is -3.69. The molecule has 1 amide bonds. The van der Waals surface area contributed by atoms with E-state index >= 15 is 0 Å². The molecule has 0 saturated carbocycles. The van der Waals surface area contributed by atoms with Crippen LogP contribution >= 0.6 is 0 Å². The molecule has 0 unspecified atom stereocenters. The monoisotopic (exact) mass is 414 g/mol. The minimum absolute atomic E-state index is 0.0201. The Labute approximate surface area is 169 Å². The molecule has 0 aliphatic carbocycles. The van der Waals surface area contributed by atoms with E-state index in [9.17, 15) is 13.2 Å². The third-order valence-corrected chi connectivity index (χ3v) is 5.46. The van der Waals surface area contributed by atoms with Crippen molar-refractivity contribution in [1.82, 2.24) is 4.90 Å². The van der Waals surface area contributed by atoms with E-state index in [4.69, 9.17) is 8.92 Å². The summed E-state index contributed by atoms with van der Waals surface area (Å²) in [6.45, 7) is 12.0. The van der Waals surface area contributed by atoms with E-state index in [-0.39, 0.29) is 36.5 Å². The Morgan fingerprint density at radius 3 is 2.29 bits per heavy atom. The summed E-state index contributed by atoms with van der Waals surface area (Å²) in [5, 5.41) is 0. The summed E-state index contributed by atoms with van der Waals surface area (Å²) in [7, 11) is -2.21. The van der Waals surface area contributed by atoms with Crippen molar-refractivity contribution in [2.45, 2.75) is 41.2 Å². The summed E-state index contributed by atoms with van der Waals surface area (Å²) in [5.41, 5.74) is 1.53. The fourth-order valence-corrected chi connectivity index (χ4v) is 3.39. The fourth-order valence-electron chi connectivity index (χ4n) is 2.85. The normalized spacial score (nSPS) is 11.5. The van der Waals surface area contributed by atoms with Crippen molar-refractivity contribution in [3.05, 3.63) is 23.8 Å². The number of benzene rings is 1. The van der Waals surface area contributed by atoms with Crippen molar-refractivity contribution >= 4 is 21.7 Å². The van der Waals surface area contributed by atoms with E-state index in [0.717, 1.165) is 18.8 Å². The van der Waals surface area contributed by atoms with Crippen LogP contribution in [0.25, 0.3) is 0 Å². The number of carbonyl (C=O) groups excluding carboxylic acids is 1. The van der Waals surface area contributed by atoms with Gasteiger partial charge in [-0.3, -0.25) is 4.79 Å². The smallest absolute Gasteiger partial charge is 0.308 e. The average Bonchev–Trinajstić information content (AvgIpc) is 2.63. The highest BCUT2D eigenvalue weighted by molar-refractivity contribution is 7.87. The van der Waals surface area contributed by atoms with Gasteiger partial charge in [-0.2, -0.15) is 8.42 Å². The van der Waals surface area contributed by atoms with Gasteiger partial charge in [0.15, 0.2) is 0 Å². The molecule has 0 aromatic heterocycles. The highest BCUT2D eigenvalue weighted by atomic mass is 32.2.